The number of hydrogen-bond acceptors (Lipinski definition) is 3. The van der Waals surface area contributed by atoms with Crippen molar-refractivity contribution in [3.63, 3.8) is 0 Å². The highest BCUT2D eigenvalue weighted by molar-refractivity contribution is 5.78. The van der Waals surface area contributed by atoms with E-state index in [1.54, 1.807) is 0 Å². The number of likely N-dealkylation sites (tertiary alicyclic amines) is 1. The number of carbonyl (C=O) groups is 1. The molecule has 4 nitrogen and oxygen atoms in total. The molecule has 0 aliphatic carbocycles. The molecule has 3 aromatic carbocycles. The monoisotopic (exact) mass is 451 g/mol. The number of phenols is 1. The number of benzene rings is 3. The van der Waals surface area contributed by atoms with Gasteiger partial charge < -0.3 is 14.7 Å². The van der Waals surface area contributed by atoms with E-state index in [2.05, 4.69) is 0 Å². The molecule has 0 spiro atoms. The first-order valence-electron chi connectivity index (χ1n) is 11.2. The van der Waals surface area contributed by atoms with Gasteiger partial charge in [0.1, 0.15) is 5.75 Å². The quantitative estimate of drug-likeness (QED) is 0.510. The summed E-state index contributed by atoms with van der Waals surface area (Å²) in [6.45, 7) is 1.28. The zero-order valence-electron chi connectivity index (χ0n) is 18.3. The minimum Gasteiger partial charge on any atom is -0.503 e. The standard InChI is InChI=1S/C27H27F2NO3/c28-23-16-20(17-24(29)27(23)32)11-10-19-12-14-30(15-13-19)26(31)18-33-25-9-5-4-8-22(25)21-6-2-1-3-7-21/h1-9,16-17,19,32H,10-15,18H2. The normalized spacial score (nSPS) is 14.3. The van der Waals surface area contributed by atoms with E-state index in [0.717, 1.165) is 30.4 Å². The molecule has 0 radical (unpaired) electrons. The van der Waals surface area contributed by atoms with Crippen LogP contribution in [0, 0.1) is 17.6 Å². The lowest BCUT2D eigenvalue weighted by Crippen LogP contribution is -2.41. The van der Waals surface area contributed by atoms with Crippen molar-refractivity contribution >= 4 is 5.91 Å². The molecule has 6 heteroatoms. The number of hydrogen-bond donors (Lipinski definition) is 1. The lowest BCUT2D eigenvalue weighted by molar-refractivity contribution is -0.134. The molecule has 0 saturated carbocycles. The van der Waals surface area contributed by atoms with Crippen molar-refractivity contribution in [2.45, 2.75) is 25.7 Å². The smallest absolute Gasteiger partial charge is 0.260 e. The Balaban J connectivity index is 1.26. The van der Waals surface area contributed by atoms with Crippen molar-refractivity contribution in [2.24, 2.45) is 5.92 Å². The van der Waals surface area contributed by atoms with Gasteiger partial charge >= 0.3 is 0 Å². The van der Waals surface area contributed by atoms with E-state index in [4.69, 9.17) is 4.74 Å². The SMILES string of the molecule is O=C(COc1ccccc1-c1ccccc1)N1CCC(CCc2cc(F)c(O)c(F)c2)CC1. The van der Waals surface area contributed by atoms with Crippen LogP contribution < -0.4 is 4.74 Å². The van der Waals surface area contributed by atoms with Crippen LogP contribution in [0.3, 0.4) is 0 Å². The first kappa shape index (κ1) is 22.8. The van der Waals surface area contributed by atoms with E-state index in [1.807, 2.05) is 59.5 Å². The minimum absolute atomic E-state index is 0.0133. The van der Waals surface area contributed by atoms with Crippen LogP contribution in [0.2, 0.25) is 0 Å². The fourth-order valence-corrected chi connectivity index (χ4v) is 4.28. The predicted octanol–water partition coefficient (Wildman–Crippen LogP) is 5.59. The zero-order chi connectivity index (χ0) is 23.2. The third kappa shape index (κ3) is 5.69. The second-order valence-electron chi connectivity index (χ2n) is 8.42. The first-order chi connectivity index (χ1) is 16.0. The maximum absolute atomic E-state index is 13.5. The maximum Gasteiger partial charge on any atom is 0.260 e. The molecular formula is C27H27F2NO3. The summed E-state index contributed by atoms with van der Waals surface area (Å²) in [6, 6.07) is 20.0. The molecule has 0 aromatic heterocycles. The van der Waals surface area contributed by atoms with Gasteiger partial charge in [-0.3, -0.25) is 4.79 Å². The van der Waals surface area contributed by atoms with Crippen molar-refractivity contribution in [2.75, 3.05) is 19.7 Å². The van der Waals surface area contributed by atoms with Crippen molar-refractivity contribution in [1.29, 1.82) is 0 Å². The minimum atomic E-state index is -0.931. The summed E-state index contributed by atoms with van der Waals surface area (Å²) in [7, 11) is 0. The van der Waals surface area contributed by atoms with Gasteiger partial charge in [0.05, 0.1) is 0 Å². The molecule has 1 aliphatic heterocycles. The number of carbonyl (C=O) groups excluding carboxylic acids is 1. The summed E-state index contributed by atoms with van der Waals surface area (Å²) >= 11 is 0. The fraction of sp³-hybridized carbons (Fsp3) is 0.296. The van der Waals surface area contributed by atoms with Crippen LogP contribution in [0.25, 0.3) is 11.1 Å². The number of halogens is 2. The van der Waals surface area contributed by atoms with Crippen LogP contribution in [0.5, 0.6) is 11.5 Å². The summed E-state index contributed by atoms with van der Waals surface area (Å²) in [5.74, 6) is -1.77. The van der Waals surface area contributed by atoms with E-state index in [0.29, 0.717) is 36.7 Å². The number of nitrogens with zero attached hydrogens (tertiary/aromatic N) is 1. The van der Waals surface area contributed by atoms with Crippen molar-refractivity contribution < 1.29 is 23.4 Å². The Morgan fingerprint density at radius 1 is 0.970 bits per heavy atom. The van der Waals surface area contributed by atoms with Gasteiger partial charge in [0.15, 0.2) is 24.0 Å². The largest absolute Gasteiger partial charge is 0.503 e. The molecule has 1 saturated heterocycles. The second-order valence-corrected chi connectivity index (χ2v) is 8.42. The van der Waals surface area contributed by atoms with E-state index < -0.39 is 17.4 Å². The lowest BCUT2D eigenvalue weighted by atomic mass is 9.90. The molecule has 1 aliphatic rings. The van der Waals surface area contributed by atoms with Crippen LogP contribution >= 0.6 is 0 Å². The lowest BCUT2D eigenvalue weighted by Gasteiger charge is -2.32. The zero-order valence-corrected chi connectivity index (χ0v) is 18.3. The van der Waals surface area contributed by atoms with Gasteiger partial charge in [-0.05, 0) is 60.9 Å². The molecule has 4 rings (SSSR count). The average molecular weight is 452 g/mol. The average Bonchev–Trinajstić information content (AvgIpc) is 2.85. The fourth-order valence-electron chi connectivity index (χ4n) is 4.28. The number of ether oxygens (including phenoxy) is 1. The molecule has 33 heavy (non-hydrogen) atoms. The molecule has 1 fully saturated rings. The first-order valence-corrected chi connectivity index (χ1v) is 11.2. The number of phenolic OH excluding ortho intramolecular Hbond substituents is 1. The van der Waals surface area contributed by atoms with Crippen LogP contribution in [-0.2, 0) is 11.2 Å². The molecule has 0 bridgehead atoms. The highest BCUT2D eigenvalue weighted by Gasteiger charge is 2.23. The van der Waals surface area contributed by atoms with Gasteiger partial charge in [0.2, 0.25) is 0 Å². The molecular weight excluding hydrogens is 424 g/mol. The van der Waals surface area contributed by atoms with Gasteiger partial charge in [0.25, 0.3) is 5.91 Å². The Morgan fingerprint density at radius 3 is 2.30 bits per heavy atom. The third-order valence-corrected chi connectivity index (χ3v) is 6.21. The van der Waals surface area contributed by atoms with Gasteiger partial charge in [-0.15, -0.1) is 0 Å². The Labute approximate surface area is 192 Å². The number of aryl methyl sites for hydroxylation is 1. The Kier molecular flexibility index (Phi) is 7.23. The second kappa shape index (κ2) is 10.5. The summed E-state index contributed by atoms with van der Waals surface area (Å²) in [4.78, 5) is 14.5. The summed E-state index contributed by atoms with van der Waals surface area (Å²) in [5, 5.41) is 9.22. The van der Waals surface area contributed by atoms with Crippen molar-refractivity contribution in [1.82, 2.24) is 4.90 Å². The van der Waals surface area contributed by atoms with Crippen LogP contribution in [-0.4, -0.2) is 35.6 Å². The van der Waals surface area contributed by atoms with Crippen LogP contribution in [0.1, 0.15) is 24.8 Å². The topological polar surface area (TPSA) is 49.8 Å². The predicted molar refractivity (Wildman–Crippen MR) is 123 cm³/mol. The number of piperidine rings is 1. The summed E-state index contributed by atoms with van der Waals surface area (Å²) in [6.07, 6.45) is 3.00. The Bertz CT molecular complexity index is 1070. The number of rotatable bonds is 7. The number of aromatic hydroxyl groups is 1. The number of amides is 1. The van der Waals surface area contributed by atoms with Crippen LogP contribution in [0.4, 0.5) is 8.78 Å². The molecule has 3 aromatic rings. The summed E-state index contributed by atoms with van der Waals surface area (Å²) < 4.78 is 32.9. The van der Waals surface area contributed by atoms with Crippen molar-refractivity contribution in [3.05, 3.63) is 83.9 Å². The van der Waals surface area contributed by atoms with Gasteiger partial charge in [-0.25, -0.2) is 8.78 Å². The highest BCUT2D eigenvalue weighted by atomic mass is 19.1. The Morgan fingerprint density at radius 2 is 1.61 bits per heavy atom. The van der Waals surface area contributed by atoms with Gasteiger partial charge in [-0.2, -0.15) is 0 Å². The molecule has 0 atom stereocenters. The third-order valence-electron chi connectivity index (χ3n) is 6.21. The van der Waals surface area contributed by atoms with E-state index in [9.17, 15) is 18.7 Å². The highest BCUT2D eigenvalue weighted by Crippen LogP contribution is 2.30. The molecule has 0 unspecified atom stereocenters. The number of para-hydroxylation sites is 1. The van der Waals surface area contributed by atoms with E-state index in [1.165, 1.54) is 12.1 Å². The molecule has 1 amide bonds. The summed E-state index contributed by atoms with van der Waals surface area (Å²) in [5.41, 5.74) is 2.52. The van der Waals surface area contributed by atoms with Gasteiger partial charge in [0, 0.05) is 18.7 Å². The maximum atomic E-state index is 13.5. The molecule has 172 valence electrons. The molecule has 1 N–H and O–H groups in total. The van der Waals surface area contributed by atoms with E-state index >= 15 is 0 Å². The van der Waals surface area contributed by atoms with E-state index in [-0.39, 0.29) is 12.5 Å². The van der Waals surface area contributed by atoms with Gasteiger partial charge in [-0.1, -0.05) is 48.5 Å². The molecule has 1 heterocycles. The Hall–Kier alpha value is -3.41. The van der Waals surface area contributed by atoms with Crippen molar-refractivity contribution in [3.8, 4) is 22.6 Å². The van der Waals surface area contributed by atoms with Crippen LogP contribution in [0.15, 0.2) is 66.7 Å².